The van der Waals surface area contributed by atoms with Crippen LogP contribution >= 0.6 is 30.5 Å². The van der Waals surface area contributed by atoms with Crippen LogP contribution in [-0.4, -0.2) is 98.7 Å². The summed E-state index contributed by atoms with van der Waals surface area (Å²) in [5.74, 6) is 1.99. The summed E-state index contributed by atoms with van der Waals surface area (Å²) in [5.41, 5.74) is -4.37. The van der Waals surface area contributed by atoms with E-state index in [1.165, 1.54) is 39.0 Å². The number of nitrogens with one attached hydrogen (secondary N) is 3. The summed E-state index contributed by atoms with van der Waals surface area (Å²) in [6.45, 7) is 5.57. The second kappa shape index (κ2) is 21.3. The van der Waals surface area contributed by atoms with Crippen LogP contribution in [-0.2, 0) is 40.7 Å². The zero-order valence-corrected chi connectivity index (χ0v) is 41.3. The highest BCUT2D eigenvalue weighted by atomic mass is 35.5. The summed E-state index contributed by atoms with van der Waals surface area (Å²) in [7, 11) is -5.85. The van der Waals surface area contributed by atoms with E-state index in [9.17, 15) is 61.1 Å². The van der Waals surface area contributed by atoms with Crippen molar-refractivity contribution in [2.75, 3.05) is 24.5 Å². The maximum Gasteiger partial charge on any atom is 0.399 e. The van der Waals surface area contributed by atoms with Crippen LogP contribution in [0.15, 0.2) is 60.7 Å². The van der Waals surface area contributed by atoms with Gasteiger partial charge in [-0.3, -0.25) is 43.4 Å². The first-order chi connectivity index (χ1) is 33.5. The molecule has 16 nitrogen and oxygen atoms in total. The van der Waals surface area contributed by atoms with Gasteiger partial charge in [-0.25, -0.2) is 4.39 Å². The molecular formula is C49H51ClF3N6O10PS. The Labute approximate surface area is 415 Å². The maximum absolute atomic E-state index is 14.9. The first kappa shape index (κ1) is 52.7. The van der Waals surface area contributed by atoms with Crippen molar-refractivity contribution in [3.8, 4) is 11.8 Å². The molecule has 7 amide bonds. The smallest absolute Gasteiger partial charge is 0.356 e. The van der Waals surface area contributed by atoms with Gasteiger partial charge in [-0.1, -0.05) is 56.3 Å². The summed E-state index contributed by atoms with van der Waals surface area (Å²) in [5, 5.41) is 7.81. The lowest BCUT2D eigenvalue weighted by molar-refractivity contribution is -0.141. The molecule has 3 aliphatic heterocycles. The van der Waals surface area contributed by atoms with Crippen molar-refractivity contribution in [2.24, 2.45) is 5.41 Å². The number of hydrogen-bond acceptors (Lipinski definition) is 9. The number of likely N-dealkylation sites (tertiary alicyclic amines) is 1. The van der Waals surface area contributed by atoms with Gasteiger partial charge < -0.3 is 35.1 Å². The molecule has 2 saturated heterocycles. The second-order valence-electron chi connectivity index (χ2n) is 18.6. The molecule has 0 spiro atoms. The molecule has 2 fully saturated rings. The number of imide groups is 1. The number of benzene rings is 3. The molecule has 0 saturated carbocycles. The van der Waals surface area contributed by atoms with Crippen molar-refractivity contribution in [1.82, 2.24) is 25.8 Å². The van der Waals surface area contributed by atoms with Gasteiger partial charge in [0.1, 0.15) is 23.9 Å². The number of anilines is 1. The van der Waals surface area contributed by atoms with Gasteiger partial charge in [-0.15, -0.1) is 11.3 Å². The summed E-state index contributed by atoms with van der Waals surface area (Å²) in [4.78, 5) is 116. The Bertz CT molecular complexity index is 2930. The highest BCUT2D eigenvalue weighted by Gasteiger charge is 2.50. The number of unbranched alkanes of at least 4 members (excludes halogenated alkanes) is 2. The fraction of sp³-hybridized carbons (Fsp3) is 0.408. The first-order valence-corrected chi connectivity index (χ1v) is 25.6. The molecule has 7 rings (SSSR count). The van der Waals surface area contributed by atoms with Crippen molar-refractivity contribution in [2.45, 2.75) is 102 Å². The zero-order valence-electron chi connectivity index (χ0n) is 38.9. The van der Waals surface area contributed by atoms with E-state index in [-0.39, 0.29) is 78.1 Å². The van der Waals surface area contributed by atoms with E-state index in [4.69, 9.17) is 11.6 Å². The van der Waals surface area contributed by atoms with E-state index < -0.39 is 77.7 Å². The van der Waals surface area contributed by atoms with Crippen LogP contribution in [0.25, 0.3) is 10.1 Å². The van der Waals surface area contributed by atoms with Gasteiger partial charge in [0, 0.05) is 72.5 Å². The highest BCUT2D eigenvalue weighted by Crippen LogP contribution is 2.59. The van der Waals surface area contributed by atoms with Crippen LogP contribution in [0.3, 0.4) is 0 Å². The Morgan fingerprint density at radius 3 is 2.49 bits per heavy atom. The van der Waals surface area contributed by atoms with Gasteiger partial charge in [0.05, 0.1) is 9.90 Å². The molecule has 3 aromatic carbocycles. The lowest BCUT2D eigenvalue weighted by Crippen LogP contribution is -2.58. The largest absolute Gasteiger partial charge is 0.399 e. The Morgan fingerprint density at radius 2 is 1.79 bits per heavy atom. The number of carbonyl (C=O) groups excluding carboxylic acids is 7. The van der Waals surface area contributed by atoms with E-state index in [0.717, 1.165) is 29.5 Å². The van der Waals surface area contributed by atoms with Gasteiger partial charge in [0.2, 0.25) is 29.5 Å². The molecule has 71 heavy (non-hydrogen) atoms. The molecule has 3 atom stereocenters. The monoisotopic (exact) mass is 1040 g/mol. The number of nitrogens with zero attached hydrogens (tertiary/aromatic N) is 3. The van der Waals surface area contributed by atoms with Gasteiger partial charge in [-0.05, 0) is 97.0 Å². The summed E-state index contributed by atoms with van der Waals surface area (Å²) < 4.78 is 55.7. The molecule has 22 heteroatoms. The Kier molecular flexibility index (Phi) is 15.8. The molecule has 376 valence electrons. The van der Waals surface area contributed by atoms with Gasteiger partial charge in [0.25, 0.3) is 11.8 Å². The van der Waals surface area contributed by atoms with E-state index in [0.29, 0.717) is 53.6 Å². The highest BCUT2D eigenvalue weighted by molar-refractivity contribution is 7.52. The summed E-state index contributed by atoms with van der Waals surface area (Å²) in [6.07, 6.45) is 2.51. The lowest BCUT2D eigenvalue weighted by Gasteiger charge is -2.36. The second-order valence-corrected chi connectivity index (χ2v) is 21.7. The normalized spacial score (nSPS) is 17.6. The number of alkyl halides is 2. The molecule has 0 radical (unpaired) electrons. The molecule has 3 aliphatic rings. The Morgan fingerprint density at radius 1 is 1.03 bits per heavy atom. The molecular weight excluding hydrogens is 988 g/mol. The van der Waals surface area contributed by atoms with Gasteiger partial charge >= 0.3 is 13.3 Å². The number of carbonyl (C=O) groups is 7. The van der Waals surface area contributed by atoms with Crippen LogP contribution < -0.4 is 20.9 Å². The fourth-order valence-corrected chi connectivity index (χ4v) is 10.3. The van der Waals surface area contributed by atoms with Crippen LogP contribution in [0.2, 0.25) is 5.02 Å². The number of amides is 7. The van der Waals surface area contributed by atoms with Crippen LogP contribution in [0.4, 0.5) is 18.9 Å². The standard InChI is InChI=1S/C49H51ClF3N6O10PS/c1-48(2,3)42(56-44(63)39-25-29-24-30(14-18-38(29)71-39)49(52,53)70(67,68)69)47(66)58-22-9-13-37(58)46(65)57(31-15-16-34(50)35(51)26-31)23-20-40(60)54-21-7-5-4-6-10-28-11-8-12-32-33(28)27-59(45(32)64)36-17-19-41(61)55-43(36)62/h8,11-12,14-16,18,24-26,36-37,42H,4-5,7,9,13,17,19-23,27H2,1-3H3,(H,54,60)(H,56,63)(H,55,61,62)(H2,67,68,69)/t36?,37-,42+/m0/s1. The number of fused-ring (bicyclic) bond motifs is 2. The summed E-state index contributed by atoms with van der Waals surface area (Å²) in [6, 6.07) is 10.2. The van der Waals surface area contributed by atoms with E-state index in [1.54, 1.807) is 39.0 Å². The molecule has 1 aromatic heterocycles. The van der Waals surface area contributed by atoms with Crippen LogP contribution in [0.5, 0.6) is 0 Å². The molecule has 1 unspecified atom stereocenters. The third kappa shape index (κ3) is 11.7. The average molecular weight is 1040 g/mol. The maximum atomic E-state index is 14.9. The third-order valence-electron chi connectivity index (χ3n) is 12.6. The van der Waals surface area contributed by atoms with Crippen LogP contribution in [0, 0.1) is 23.1 Å². The molecule has 0 bridgehead atoms. The van der Waals surface area contributed by atoms with Crippen molar-refractivity contribution in [1.29, 1.82) is 0 Å². The molecule has 0 aliphatic carbocycles. The van der Waals surface area contributed by atoms with E-state index in [2.05, 4.69) is 27.8 Å². The lowest BCUT2D eigenvalue weighted by atomic mass is 9.85. The number of piperidine rings is 1. The number of thiophene rings is 1. The van der Waals surface area contributed by atoms with Crippen molar-refractivity contribution in [3.63, 3.8) is 0 Å². The Hall–Kier alpha value is -6.10. The van der Waals surface area contributed by atoms with Crippen LogP contribution in [0.1, 0.15) is 109 Å². The number of rotatable bonds is 15. The third-order valence-corrected chi connectivity index (χ3v) is 15.0. The number of halogens is 4. The SMILES string of the molecule is CC(C)(C)[C@H](NC(=O)c1cc2cc(C(F)(F)P(=O)(O)O)ccc2s1)C(=O)N1CCC[C@H]1C(=O)N(CCC(=O)NCCCCC#Cc1cccc2c1CN(C1CCC(=O)NC1=O)C2=O)c1ccc(Cl)c(F)c1. The van der Waals surface area contributed by atoms with Crippen molar-refractivity contribution in [3.05, 3.63) is 98.6 Å². The van der Waals surface area contributed by atoms with E-state index >= 15 is 0 Å². The minimum absolute atomic E-state index is 0.0314. The van der Waals surface area contributed by atoms with Gasteiger partial charge in [0.15, 0.2) is 0 Å². The minimum Gasteiger partial charge on any atom is -0.356 e. The Balaban J connectivity index is 0.956. The minimum atomic E-state index is -5.85. The predicted molar refractivity (Wildman–Crippen MR) is 258 cm³/mol. The molecule has 4 aromatic rings. The van der Waals surface area contributed by atoms with Crippen molar-refractivity contribution < 1.29 is 61.1 Å². The van der Waals surface area contributed by atoms with E-state index in [1.807, 2.05) is 0 Å². The summed E-state index contributed by atoms with van der Waals surface area (Å²) >= 11 is 6.90. The topological polar surface area (TPSA) is 223 Å². The number of hydrogen-bond donors (Lipinski definition) is 5. The fourth-order valence-electron chi connectivity index (χ4n) is 8.74. The quantitative estimate of drug-likeness (QED) is 0.0373. The first-order valence-electron chi connectivity index (χ1n) is 22.8. The zero-order chi connectivity index (χ0) is 51.6. The van der Waals surface area contributed by atoms with Crippen molar-refractivity contribution >= 4 is 87.7 Å². The van der Waals surface area contributed by atoms with Gasteiger partial charge in [-0.2, -0.15) is 8.78 Å². The predicted octanol–water partition coefficient (Wildman–Crippen LogP) is 6.58. The average Bonchev–Trinajstić information content (AvgIpc) is 4.06. The molecule has 5 N–H and O–H groups in total. The molecule has 4 heterocycles.